The number of carbonyl (C=O) groups is 2. The third-order valence-corrected chi connectivity index (χ3v) is 3.91. The maximum Gasteiger partial charge on any atom is 0.303 e. The fraction of sp³-hybridized carbons (Fsp3) is 0.500. The Morgan fingerprint density at radius 2 is 2.09 bits per heavy atom. The van der Waals surface area contributed by atoms with Gasteiger partial charge in [-0.2, -0.15) is 0 Å². The van der Waals surface area contributed by atoms with Crippen molar-refractivity contribution in [3.63, 3.8) is 0 Å². The van der Waals surface area contributed by atoms with Gasteiger partial charge in [-0.05, 0) is 30.5 Å². The second-order valence-electron chi connectivity index (χ2n) is 5.36. The summed E-state index contributed by atoms with van der Waals surface area (Å²) in [7, 11) is 0. The number of benzene rings is 1. The van der Waals surface area contributed by atoms with E-state index in [2.05, 4.69) is 0 Å². The van der Waals surface area contributed by atoms with E-state index in [1.165, 1.54) is 0 Å². The van der Waals surface area contributed by atoms with Gasteiger partial charge in [-0.3, -0.25) is 9.59 Å². The predicted molar refractivity (Wildman–Crippen MR) is 82.8 cm³/mol. The SMILES string of the molecule is O=C(O)CCCCC(=O)N1CCOC(c2cccc(Cl)c2)C1. The van der Waals surface area contributed by atoms with E-state index >= 15 is 0 Å². The number of nitrogens with zero attached hydrogens (tertiary/aromatic N) is 1. The highest BCUT2D eigenvalue weighted by Gasteiger charge is 2.25. The third-order valence-electron chi connectivity index (χ3n) is 3.67. The monoisotopic (exact) mass is 325 g/mol. The maximum absolute atomic E-state index is 12.2. The molecular weight excluding hydrogens is 306 g/mol. The highest BCUT2D eigenvalue weighted by molar-refractivity contribution is 6.30. The van der Waals surface area contributed by atoms with E-state index in [0.29, 0.717) is 44.0 Å². The topological polar surface area (TPSA) is 66.8 Å². The van der Waals surface area contributed by atoms with Crippen molar-refractivity contribution < 1.29 is 19.4 Å². The molecule has 120 valence electrons. The average Bonchev–Trinajstić information content (AvgIpc) is 2.51. The van der Waals surface area contributed by atoms with E-state index in [-0.39, 0.29) is 18.4 Å². The molecule has 1 heterocycles. The molecule has 0 radical (unpaired) electrons. The number of carboxylic acid groups (broad SMARTS) is 1. The zero-order valence-corrected chi connectivity index (χ0v) is 13.1. The number of ether oxygens (including phenoxy) is 1. The molecular formula is C16H20ClNO4. The number of carbonyl (C=O) groups excluding carboxylic acids is 1. The first-order valence-corrected chi connectivity index (χ1v) is 7.80. The molecule has 1 aromatic rings. The molecule has 0 aliphatic carbocycles. The number of aliphatic carboxylic acids is 1. The number of halogens is 1. The van der Waals surface area contributed by atoms with Gasteiger partial charge in [0.2, 0.25) is 5.91 Å². The number of carboxylic acids is 1. The van der Waals surface area contributed by atoms with Crippen molar-refractivity contribution >= 4 is 23.5 Å². The van der Waals surface area contributed by atoms with Crippen LogP contribution in [0, 0.1) is 0 Å². The predicted octanol–water partition coefficient (Wildman–Crippen LogP) is 2.88. The summed E-state index contributed by atoms with van der Waals surface area (Å²) in [5.41, 5.74) is 0.968. The minimum Gasteiger partial charge on any atom is -0.481 e. The molecule has 1 amide bonds. The first-order chi connectivity index (χ1) is 10.6. The van der Waals surface area contributed by atoms with Gasteiger partial charge >= 0.3 is 5.97 Å². The summed E-state index contributed by atoms with van der Waals surface area (Å²) in [6, 6.07) is 7.47. The average molecular weight is 326 g/mol. The van der Waals surface area contributed by atoms with Gasteiger partial charge in [0.25, 0.3) is 0 Å². The molecule has 1 saturated heterocycles. The van der Waals surface area contributed by atoms with Crippen molar-refractivity contribution in [2.24, 2.45) is 0 Å². The lowest BCUT2D eigenvalue weighted by molar-refractivity contribution is -0.140. The lowest BCUT2D eigenvalue weighted by Crippen LogP contribution is -2.42. The van der Waals surface area contributed by atoms with Crippen molar-refractivity contribution in [2.45, 2.75) is 31.8 Å². The lowest BCUT2D eigenvalue weighted by Gasteiger charge is -2.33. The maximum atomic E-state index is 12.2. The van der Waals surface area contributed by atoms with Crippen LogP contribution in [0.1, 0.15) is 37.4 Å². The van der Waals surface area contributed by atoms with E-state index in [4.69, 9.17) is 21.4 Å². The van der Waals surface area contributed by atoms with Crippen molar-refractivity contribution in [3.8, 4) is 0 Å². The van der Waals surface area contributed by atoms with Crippen LogP contribution in [0.3, 0.4) is 0 Å². The molecule has 2 rings (SSSR count). The normalized spacial score (nSPS) is 18.2. The van der Waals surface area contributed by atoms with Gasteiger partial charge in [0, 0.05) is 24.4 Å². The lowest BCUT2D eigenvalue weighted by atomic mass is 10.1. The minimum absolute atomic E-state index is 0.0562. The summed E-state index contributed by atoms with van der Waals surface area (Å²) < 4.78 is 5.73. The van der Waals surface area contributed by atoms with Crippen molar-refractivity contribution in [1.82, 2.24) is 4.90 Å². The highest BCUT2D eigenvalue weighted by atomic mass is 35.5. The van der Waals surface area contributed by atoms with E-state index in [0.717, 1.165) is 5.56 Å². The smallest absolute Gasteiger partial charge is 0.303 e. The van der Waals surface area contributed by atoms with Crippen LogP contribution in [0.25, 0.3) is 0 Å². The number of hydrogen-bond acceptors (Lipinski definition) is 3. The first kappa shape index (κ1) is 16.8. The van der Waals surface area contributed by atoms with E-state index in [1.807, 2.05) is 18.2 Å². The number of unbranched alkanes of at least 4 members (excludes halogenated alkanes) is 1. The Hall–Kier alpha value is -1.59. The molecule has 1 aliphatic rings. The van der Waals surface area contributed by atoms with Crippen molar-refractivity contribution in [2.75, 3.05) is 19.7 Å². The molecule has 0 aromatic heterocycles. The Morgan fingerprint density at radius 3 is 2.82 bits per heavy atom. The summed E-state index contributed by atoms with van der Waals surface area (Å²) in [5, 5.41) is 9.24. The molecule has 1 aromatic carbocycles. The summed E-state index contributed by atoms with van der Waals surface area (Å²) in [6.07, 6.45) is 1.47. The molecule has 5 nitrogen and oxygen atoms in total. The van der Waals surface area contributed by atoms with Crippen LogP contribution < -0.4 is 0 Å². The van der Waals surface area contributed by atoms with Gasteiger partial charge in [-0.15, -0.1) is 0 Å². The van der Waals surface area contributed by atoms with Gasteiger partial charge in [0.05, 0.1) is 13.2 Å². The van der Waals surface area contributed by atoms with Crippen LogP contribution in [-0.4, -0.2) is 41.6 Å². The molecule has 1 unspecified atom stereocenters. The summed E-state index contributed by atoms with van der Waals surface area (Å²) in [6.45, 7) is 1.59. The molecule has 0 spiro atoms. The first-order valence-electron chi connectivity index (χ1n) is 7.43. The molecule has 1 aliphatic heterocycles. The fourth-order valence-corrected chi connectivity index (χ4v) is 2.69. The van der Waals surface area contributed by atoms with Gasteiger partial charge in [-0.1, -0.05) is 23.7 Å². The summed E-state index contributed by atoms with van der Waals surface area (Å²) in [5.74, 6) is -0.763. The fourth-order valence-electron chi connectivity index (χ4n) is 2.49. The van der Waals surface area contributed by atoms with Crippen LogP contribution >= 0.6 is 11.6 Å². The van der Waals surface area contributed by atoms with Crippen LogP contribution in [-0.2, 0) is 14.3 Å². The van der Waals surface area contributed by atoms with E-state index < -0.39 is 5.97 Å². The molecule has 0 bridgehead atoms. The largest absolute Gasteiger partial charge is 0.481 e. The van der Waals surface area contributed by atoms with Crippen LogP contribution in [0.15, 0.2) is 24.3 Å². The number of rotatable bonds is 6. The molecule has 0 saturated carbocycles. The van der Waals surface area contributed by atoms with Gasteiger partial charge in [0.1, 0.15) is 6.10 Å². The molecule has 1 fully saturated rings. The quantitative estimate of drug-likeness (QED) is 0.817. The Bertz CT molecular complexity index is 535. The second-order valence-corrected chi connectivity index (χ2v) is 5.79. The molecule has 1 N–H and O–H groups in total. The Morgan fingerprint density at radius 1 is 1.32 bits per heavy atom. The number of hydrogen-bond donors (Lipinski definition) is 1. The van der Waals surface area contributed by atoms with Gasteiger partial charge < -0.3 is 14.7 Å². The van der Waals surface area contributed by atoms with E-state index in [9.17, 15) is 9.59 Å². The summed E-state index contributed by atoms with van der Waals surface area (Å²) >= 11 is 5.99. The van der Waals surface area contributed by atoms with Gasteiger partial charge in [0.15, 0.2) is 0 Å². The Labute approximate surface area is 134 Å². The Balaban J connectivity index is 1.84. The zero-order chi connectivity index (χ0) is 15.9. The van der Waals surface area contributed by atoms with E-state index in [1.54, 1.807) is 11.0 Å². The minimum atomic E-state index is -0.820. The number of morpholine rings is 1. The summed E-state index contributed by atoms with van der Waals surface area (Å²) in [4.78, 5) is 24.4. The Kier molecular flexibility index (Phi) is 6.21. The van der Waals surface area contributed by atoms with Crippen LogP contribution in [0.4, 0.5) is 0 Å². The molecule has 22 heavy (non-hydrogen) atoms. The molecule has 1 atom stereocenters. The standard InChI is InChI=1S/C16H20ClNO4/c17-13-5-3-4-12(10-13)14-11-18(8-9-22-14)15(19)6-1-2-7-16(20)21/h3-5,10,14H,1-2,6-9,11H2,(H,20,21). The van der Waals surface area contributed by atoms with Gasteiger partial charge in [-0.25, -0.2) is 0 Å². The van der Waals surface area contributed by atoms with Crippen LogP contribution in [0.5, 0.6) is 0 Å². The van der Waals surface area contributed by atoms with Crippen LogP contribution in [0.2, 0.25) is 5.02 Å². The van der Waals surface area contributed by atoms with Crippen molar-refractivity contribution in [1.29, 1.82) is 0 Å². The van der Waals surface area contributed by atoms with Crippen molar-refractivity contribution in [3.05, 3.63) is 34.9 Å². The zero-order valence-electron chi connectivity index (χ0n) is 12.3. The second kappa shape index (κ2) is 8.15. The highest BCUT2D eigenvalue weighted by Crippen LogP contribution is 2.25. The third kappa shape index (κ3) is 5.00. The number of amides is 1. The molecule has 6 heteroatoms.